The first-order valence-corrected chi connectivity index (χ1v) is 6.87. The lowest BCUT2D eigenvalue weighted by atomic mass is 10.2. The molecule has 0 saturated heterocycles. The highest BCUT2D eigenvalue weighted by atomic mass is 32.1. The van der Waals surface area contributed by atoms with Gasteiger partial charge in [0.1, 0.15) is 5.69 Å². The fourth-order valence-electron chi connectivity index (χ4n) is 1.96. The normalized spacial score (nSPS) is 10.7. The molecule has 1 amide bonds. The standard InChI is InChI=1S/C13H18N4OS/c1-8-5-6-19-10(8)7-16(3)13(18)12-11(14)9(2)15-17(12)4/h5-6H,7,14H2,1-4H3. The van der Waals surface area contributed by atoms with Crippen LogP contribution in [0.25, 0.3) is 0 Å². The summed E-state index contributed by atoms with van der Waals surface area (Å²) in [6.45, 7) is 4.44. The molecule has 6 heteroatoms. The molecule has 0 radical (unpaired) electrons. The smallest absolute Gasteiger partial charge is 0.274 e. The van der Waals surface area contributed by atoms with Crippen LogP contribution in [0.2, 0.25) is 0 Å². The van der Waals surface area contributed by atoms with E-state index in [1.165, 1.54) is 10.4 Å². The second-order valence-electron chi connectivity index (χ2n) is 4.66. The number of aryl methyl sites for hydroxylation is 3. The summed E-state index contributed by atoms with van der Waals surface area (Å²) in [6, 6.07) is 2.06. The molecule has 19 heavy (non-hydrogen) atoms. The Morgan fingerprint density at radius 3 is 2.68 bits per heavy atom. The lowest BCUT2D eigenvalue weighted by Crippen LogP contribution is -2.28. The van der Waals surface area contributed by atoms with Crippen molar-refractivity contribution in [2.24, 2.45) is 7.05 Å². The van der Waals surface area contributed by atoms with Gasteiger partial charge in [0.25, 0.3) is 5.91 Å². The molecule has 5 nitrogen and oxygen atoms in total. The lowest BCUT2D eigenvalue weighted by Gasteiger charge is -2.17. The summed E-state index contributed by atoms with van der Waals surface area (Å²) < 4.78 is 1.55. The minimum Gasteiger partial charge on any atom is -0.395 e. The van der Waals surface area contributed by atoms with E-state index in [1.807, 2.05) is 12.3 Å². The molecule has 2 aromatic rings. The first-order chi connectivity index (χ1) is 8.91. The average molecular weight is 278 g/mol. The molecule has 2 aromatic heterocycles. The summed E-state index contributed by atoms with van der Waals surface area (Å²) in [4.78, 5) is 15.3. The third-order valence-corrected chi connectivity index (χ3v) is 4.17. The van der Waals surface area contributed by atoms with Crippen LogP contribution in [0, 0.1) is 13.8 Å². The highest BCUT2D eigenvalue weighted by molar-refractivity contribution is 7.10. The maximum Gasteiger partial charge on any atom is 0.274 e. The van der Waals surface area contributed by atoms with E-state index in [9.17, 15) is 4.79 Å². The van der Waals surface area contributed by atoms with Crippen molar-refractivity contribution in [3.8, 4) is 0 Å². The van der Waals surface area contributed by atoms with Gasteiger partial charge in [-0.15, -0.1) is 11.3 Å². The van der Waals surface area contributed by atoms with Crippen LogP contribution in [0.4, 0.5) is 5.69 Å². The third-order valence-electron chi connectivity index (χ3n) is 3.17. The number of rotatable bonds is 3. The molecule has 0 spiro atoms. The predicted octanol–water partition coefficient (Wildman–Crippen LogP) is 1.95. The Morgan fingerprint density at radius 1 is 1.53 bits per heavy atom. The Hall–Kier alpha value is -1.82. The van der Waals surface area contributed by atoms with Crippen LogP contribution < -0.4 is 5.73 Å². The number of thiophene rings is 1. The number of amides is 1. The van der Waals surface area contributed by atoms with E-state index in [4.69, 9.17) is 5.73 Å². The summed E-state index contributed by atoms with van der Waals surface area (Å²) in [7, 11) is 3.52. The summed E-state index contributed by atoms with van der Waals surface area (Å²) >= 11 is 1.66. The maximum atomic E-state index is 12.4. The van der Waals surface area contributed by atoms with Gasteiger partial charge in [-0.1, -0.05) is 0 Å². The summed E-state index contributed by atoms with van der Waals surface area (Å²) in [6.07, 6.45) is 0. The first-order valence-electron chi connectivity index (χ1n) is 5.99. The van der Waals surface area contributed by atoms with Crippen LogP contribution in [-0.2, 0) is 13.6 Å². The molecule has 0 unspecified atom stereocenters. The minimum absolute atomic E-state index is 0.103. The van der Waals surface area contributed by atoms with Gasteiger partial charge in [0.15, 0.2) is 0 Å². The number of hydrogen-bond donors (Lipinski definition) is 1. The van der Waals surface area contributed by atoms with Gasteiger partial charge in [0.2, 0.25) is 0 Å². The van der Waals surface area contributed by atoms with Crippen LogP contribution >= 0.6 is 11.3 Å². The van der Waals surface area contributed by atoms with Gasteiger partial charge in [-0.2, -0.15) is 5.10 Å². The molecule has 0 aliphatic carbocycles. The summed E-state index contributed by atoms with van der Waals surface area (Å²) in [5.41, 5.74) is 8.72. The van der Waals surface area contributed by atoms with Crippen molar-refractivity contribution in [1.82, 2.24) is 14.7 Å². The Balaban J connectivity index is 2.22. The van der Waals surface area contributed by atoms with Gasteiger partial charge in [0.05, 0.1) is 17.9 Å². The van der Waals surface area contributed by atoms with Gasteiger partial charge in [0, 0.05) is 19.0 Å². The zero-order valence-corrected chi connectivity index (χ0v) is 12.4. The Kier molecular flexibility index (Phi) is 3.61. The van der Waals surface area contributed by atoms with Crippen LogP contribution in [0.15, 0.2) is 11.4 Å². The van der Waals surface area contributed by atoms with Crippen molar-refractivity contribution in [3.63, 3.8) is 0 Å². The maximum absolute atomic E-state index is 12.4. The van der Waals surface area contributed by atoms with Crippen LogP contribution in [-0.4, -0.2) is 27.6 Å². The van der Waals surface area contributed by atoms with Gasteiger partial charge >= 0.3 is 0 Å². The number of aromatic nitrogens is 2. The number of anilines is 1. The second kappa shape index (κ2) is 5.05. The van der Waals surface area contributed by atoms with Crippen molar-refractivity contribution in [2.45, 2.75) is 20.4 Å². The van der Waals surface area contributed by atoms with E-state index in [2.05, 4.69) is 11.2 Å². The van der Waals surface area contributed by atoms with E-state index in [0.29, 0.717) is 23.6 Å². The van der Waals surface area contributed by atoms with Crippen molar-refractivity contribution in [2.75, 3.05) is 12.8 Å². The molecular weight excluding hydrogens is 260 g/mol. The molecule has 0 aliphatic rings. The van der Waals surface area contributed by atoms with Crippen LogP contribution in [0.1, 0.15) is 26.6 Å². The van der Waals surface area contributed by atoms with Gasteiger partial charge < -0.3 is 10.6 Å². The molecule has 0 atom stereocenters. The minimum atomic E-state index is -0.103. The lowest BCUT2D eigenvalue weighted by molar-refractivity contribution is 0.0776. The summed E-state index contributed by atoms with van der Waals surface area (Å²) in [5, 5.41) is 6.21. The van der Waals surface area contributed by atoms with Crippen molar-refractivity contribution in [1.29, 1.82) is 0 Å². The first kappa shape index (κ1) is 13.6. The van der Waals surface area contributed by atoms with E-state index >= 15 is 0 Å². The summed E-state index contributed by atoms with van der Waals surface area (Å²) in [5.74, 6) is -0.103. The van der Waals surface area contributed by atoms with Gasteiger partial charge in [-0.05, 0) is 30.9 Å². The molecule has 0 aromatic carbocycles. The fourth-order valence-corrected chi connectivity index (χ4v) is 2.92. The number of nitrogens with zero attached hydrogens (tertiary/aromatic N) is 3. The topological polar surface area (TPSA) is 64.2 Å². The molecular formula is C13H18N4OS. The van der Waals surface area contributed by atoms with E-state index in [0.717, 1.165) is 0 Å². The SMILES string of the molecule is Cc1ccsc1CN(C)C(=O)c1c(N)c(C)nn1C. The monoisotopic (exact) mass is 278 g/mol. The Morgan fingerprint density at radius 2 is 2.21 bits per heavy atom. The van der Waals surface area contributed by atoms with E-state index < -0.39 is 0 Å². The highest BCUT2D eigenvalue weighted by Crippen LogP contribution is 2.21. The van der Waals surface area contributed by atoms with E-state index in [1.54, 1.807) is 41.9 Å². The van der Waals surface area contributed by atoms with Gasteiger partial charge in [-0.3, -0.25) is 9.48 Å². The predicted molar refractivity (Wildman–Crippen MR) is 77.2 cm³/mol. The molecule has 0 fully saturated rings. The Labute approximate surface area is 116 Å². The van der Waals surface area contributed by atoms with Crippen molar-refractivity contribution < 1.29 is 4.79 Å². The van der Waals surface area contributed by atoms with Crippen LogP contribution in [0.3, 0.4) is 0 Å². The van der Waals surface area contributed by atoms with Gasteiger partial charge in [-0.25, -0.2) is 0 Å². The molecule has 102 valence electrons. The number of nitrogen functional groups attached to an aromatic ring is 1. The van der Waals surface area contributed by atoms with Crippen LogP contribution in [0.5, 0.6) is 0 Å². The quantitative estimate of drug-likeness (QED) is 0.933. The molecule has 0 aliphatic heterocycles. The molecule has 0 bridgehead atoms. The fraction of sp³-hybridized carbons (Fsp3) is 0.385. The second-order valence-corrected chi connectivity index (χ2v) is 5.66. The largest absolute Gasteiger partial charge is 0.395 e. The third kappa shape index (κ3) is 2.49. The van der Waals surface area contributed by atoms with Crippen molar-refractivity contribution >= 4 is 22.9 Å². The molecule has 2 N–H and O–H groups in total. The Bertz CT molecular complexity index is 614. The highest BCUT2D eigenvalue weighted by Gasteiger charge is 2.21. The number of nitrogens with two attached hydrogens (primary N) is 1. The average Bonchev–Trinajstić information content (AvgIpc) is 2.84. The molecule has 2 rings (SSSR count). The van der Waals surface area contributed by atoms with Crippen molar-refractivity contribution in [3.05, 3.63) is 33.3 Å². The van der Waals surface area contributed by atoms with E-state index in [-0.39, 0.29) is 5.91 Å². The zero-order valence-electron chi connectivity index (χ0n) is 11.6. The molecule has 2 heterocycles. The molecule has 0 saturated carbocycles. The zero-order chi connectivity index (χ0) is 14.2. The number of carbonyl (C=O) groups excluding carboxylic acids is 1. The number of carbonyl (C=O) groups is 1. The number of hydrogen-bond acceptors (Lipinski definition) is 4.